The number of likely N-dealkylation sites (tertiary alicyclic amines) is 1. The van der Waals surface area contributed by atoms with Crippen molar-refractivity contribution in [1.82, 2.24) is 10.2 Å². The first-order valence-corrected chi connectivity index (χ1v) is 6.95. The van der Waals surface area contributed by atoms with Gasteiger partial charge in [0, 0.05) is 26.2 Å². The van der Waals surface area contributed by atoms with Gasteiger partial charge in [0.1, 0.15) is 0 Å². The number of piperidine rings is 1. The van der Waals surface area contributed by atoms with Crippen molar-refractivity contribution in [2.45, 2.75) is 38.5 Å². The van der Waals surface area contributed by atoms with Crippen molar-refractivity contribution in [3.05, 3.63) is 0 Å². The topological polar surface area (TPSA) is 52.6 Å². The van der Waals surface area contributed by atoms with E-state index in [0.29, 0.717) is 11.8 Å². The predicted molar refractivity (Wildman–Crippen MR) is 66.7 cm³/mol. The minimum absolute atomic E-state index is 0.0910. The van der Waals surface area contributed by atoms with Crippen LogP contribution in [-0.4, -0.2) is 42.3 Å². The number of carbonyl (C=O) groups is 1. The van der Waals surface area contributed by atoms with E-state index in [0.717, 1.165) is 45.3 Å². The van der Waals surface area contributed by atoms with Gasteiger partial charge in [0.2, 0.25) is 0 Å². The summed E-state index contributed by atoms with van der Waals surface area (Å²) in [5.74, 6) is 0.880. The molecule has 4 heteroatoms. The highest BCUT2D eigenvalue weighted by Gasteiger charge is 2.27. The Morgan fingerprint density at radius 3 is 2.53 bits per heavy atom. The Morgan fingerprint density at radius 1 is 1.12 bits per heavy atom. The molecule has 1 heterocycles. The Bertz CT molecular complexity index is 252. The van der Waals surface area contributed by atoms with Crippen LogP contribution in [0.4, 0.5) is 4.79 Å². The molecule has 2 amide bonds. The summed E-state index contributed by atoms with van der Waals surface area (Å²) in [5, 5.41) is 12.3. The number of amides is 2. The summed E-state index contributed by atoms with van der Waals surface area (Å²) in [6.45, 7) is 2.81. The lowest BCUT2D eigenvalue weighted by molar-refractivity contribution is 0.173. The number of rotatable bonds is 3. The molecule has 1 aliphatic heterocycles. The van der Waals surface area contributed by atoms with Gasteiger partial charge in [-0.25, -0.2) is 4.79 Å². The molecule has 4 nitrogen and oxygen atoms in total. The van der Waals surface area contributed by atoms with Gasteiger partial charge < -0.3 is 15.3 Å². The highest BCUT2D eigenvalue weighted by atomic mass is 16.3. The Labute approximate surface area is 103 Å². The molecule has 98 valence electrons. The van der Waals surface area contributed by atoms with Gasteiger partial charge in [-0.1, -0.05) is 6.42 Å². The largest absolute Gasteiger partial charge is 0.396 e. The summed E-state index contributed by atoms with van der Waals surface area (Å²) in [4.78, 5) is 13.8. The van der Waals surface area contributed by atoms with Crippen molar-refractivity contribution in [1.29, 1.82) is 0 Å². The fourth-order valence-electron chi connectivity index (χ4n) is 3.05. The summed E-state index contributed by atoms with van der Waals surface area (Å²) in [5.41, 5.74) is 0. The van der Waals surface area contributed by atoms with Gasteiger partial charge in [0.25, 0.3) is 0 Å². The Balaban J connectivity index is 1.71. The molecule has 0 bridgehead atoms. The zero-order chi connectivity index (χ0) is 12.1. The van der Waals surface area contributed by atoms with E-state index in [2.05, 4.69) is 5.32 Å². The fraction of sp³-hybridized carbons (Fsp3) is 0.923. The van der Waals surface area contributed by atoms with Gasteiger partial charge in [0.15, 0.2) is 0 Å². The zero-order valence-corrected chi connectivity index (χ0v) is 10.5. The Hall–Kier alpha value is -0.770. The number of nitrogens with zero attached hydrogens (tertiary/aromatic N) is 1. The van der Waals surface area contributed by atoms with Gasteiger partial charge >= 0.3 is 6.03 Å². The zero-order valence-electron chi connectivity index (χ0n) is 10.5. The molecule has 1 saturated carbocycles. The highest BCUT2D eigenvalue weighted by molar-refractivity contribution is 5.74. The molecule has 2 aliphatic rings. The maximum Gasteiger partial charge on any atom is 0.317 e. The first-order valence-electron chi connectivity index (χ1n) is 6.95. The Kier molecular flexibility index (Phi) is 4.66. The standard InChI is InChI=1S/C13H24N2O2/c16-10-12-6-4-5-11(12)9-14-13(17)15-7-2-1-3-8-15/h11-12,16H,1-10H2,(H,14,17). The lowest BCUT2D eigenvalue weighted by Gasteiger charge is -2.28. The minimum atomic E-state index is 0.0910. The summed E-state index contributed by atoms with van der Waals surface area (Å²) in [6.07, 6.45) is 6.97. The van der Waals surface area contributed by atoms with Gasteiger partial charge in [-0.05, 0) is 43.9 Å². The van der Waals surface area contributed by atoms with Crippen LogP contribution in [0.25, 0.3) is 0 Å². The smallest absolute Gasteiger partial charge is 0.317 e. The van der Waals surface area contributed by atoms with Crippen LogP contribution in [0.15, 0.2) is 0 Å². The number of hydrogen-bond acceptors (Lipinski definition) is 2. The maximum absolute atomic E-state index is 11.9. The number of carbonyl (C=O) groups excluding carboxylic acids is 1. The molecule has 2 atom stereocenters. The lowest BCUT2D eigenvalue weighted by Crippen LogP contribution is -2.44. The second-order valence-corrected chi connectivity index (χ2v) is 5.37. The number of aliphatic hydroxyl groups excluding tert-OH is 1. The predicted octanol–water partition coefficient (Wildman–Crippen LogP) is 1.59. The molecule has 2 N–H and O–H groups in total. The SMILES string of the molecule is O=C(NCC1CCCC1CO)N1CCCCC1. The van der Waals surface area contributed by atoms with Crippen LogP contribution in [0.2, 0.25) is 0 Å². The summed E-state index contributed by atoms with van der Waals surface area (Å²) in [6, 6.07) is 0.0910. The Morgan fingerprint density at radius 2 is 1.82 bits per heavy atom. The van der Waals surface area contributed by atoms with E-state index in [9.17, 15) is 9.90 Å². The average molecular weight is 240 g/mol. The quantitative estimate of drug-likeness (QED) is 0.787. The number of urea groups is 1. The summed E-state index contributed by atoms with van der Waals surface area (Å²) in [7, 11) is 0. The summed E-state index contributed by atoms with van der Waals surface area (Å²) >= 11 is 0. The second kappa shape index (κ2) is 6.24. The molecule has 1 aliphatic carbocycles. The van der Waals surface area contributed by atoms with Crippen molar-refractivity contribution in [3.8, 4) is 0 Å². The lowest BCUT2D eigenvalue weighted by atomic mass is 9.97. The third-order valence-electron chi connectivity index (χ3n) is 4.21. The van der Waals surface area contributed by atoms with Gasteiger partial charge in [-0.2, -0.15) is 0 Å². The average Bonchev–Trinajstić information content (AvgIpc) is 2.84. The highest BCUT2D eigenvalue weighted by Crippen LogP contribution is 2.30. The van der Waals surface area contributed by atoms with Crippen LogP contribution in [0.1, 0.15) is 38.5 Å². The molecule has 2 fully saturated rings. The molecule has 0 radical (unpaired) electrons. The van der Waals surface area contributed by atoms with E-state index in [1.54, 1.807) is 0 Å². The van der Waals surface area contributed by atoms with E-state index in [-0.39, 0.29) is 12.6 Å². The van der Waals surface area contributed by atoms with E-state index in [1.165, 1.54) is 12.8 Å². The van der Waals surface area contributed by atoms with E-state index >= 15 is 0 Å². The maximum atomic E-state index is 11.9. The van der Waals surface area contributed by atoms with Crippen LogP contribution in [-0.2, 0) is 0 Å². The minimum Gasteiger partial charge on any atom is -0.396 e. The summed E-state index contributed by atoms with van der Waals surface area (Å²) < 4.78 is 0. The molecule has 17 heavy (non-hydrogen) atoms. The number of aliphatic hydroxyl groups is 1. The first kappa shape index (κ1) is 12.7. The van der Waals surface area contributed by atoms with Crippen molar-refractivity contribution in [3.63, 3.8) is 0 Å². The first-order chi connectivity index (χ1) is 8.31. The van der Waals surface area contributed by atoms with Gasteiger partial charge in [-0.15, -0.1) is 0 Å². The van der Waals surface area contributed by atoms with E-state index < -0.39 is 0 Å². The molecular formula is C13H24N2O2. The molecule has 0 aromatic carbocycles. The molecule has 0 aromatic rings. The molecule has 2 rings (SSSR count). The van der Waals surface area contributed by atoms with Crippen LogP contribution in [0.3, 0.4) is 0 Å². The van der Waals surface area contributed by atoms with Crippen molar-refractivity contribution in [2.75, 3.05) is 26.2 Å². The molecule has 0 spiro atoms. The number of nitrogens with one attached hydrogen (secondary N) is 1. The fourth-order valence-corrected chi connectivity index (χ4v) is 3.05. The van der Waals surface area contributed by atoms with Crippen molar-refractivity contribution in [2.24, 2.45) is 11.8 Å². The normalized spacial score (nSPS) is 29.4. The third kappa shape index (κ3) is 3.35. The number of hydrogen-bond donors (Lipinski definition) is 2. The van der Waals surface area contributed by atoms with Crippen molar-refractivity contribution < 1.29 is 9.90 Å². The molecular weight excluding hydrogens is 216 g/mol. The second-order valence-electron chi connectivity index (χ2n) is 5.37. The monoisotopic (exact) mass is 240 g/mol. The van der Waals surface area contributed by atoms with Gasteiger partial charge in [-0.3, -0.25) is 0 Å². The van der Waals surface area contributed by atoms with E-state index in [4.69, 9.17) is 0 Å². The third-order valence-corrected chi connectivity index (χ3v) is 4.21. The van der Waals surface area contributed by atoms with Crippen LogP contribution in [0.5, 0.6) is 0 Å². The van der Waals surface area contributed by atoms with E-state index in [1.807, 2.05) is 4.90 Å². The van der Waals surface area contributed by atoms with Gasteiger partial charge in [0.05, 0.1) is 0 Å². The molecule has 1 saturated heterocycles. The van der Waals surface area contributed by atoms with Crippen LogP contribution in [0, 0.1) is 11.8 Å². The molecule has 0 aromatic heterocycles. The van der Waals surface area contributed by atoms with Crippen LogP contribution >= 0.6 is 0 Å². The van der Waals surface area contributed by atoms with Crippen LogP contribution < -0.4 is 5.32 Å². The molecule has 2 unspecified atom stereocenters. The van der Waals surface area contributed by atoms with Crippen molar-refractivity contribution >= 4 is 6.03 Å².